The molecule has 0 aromatic heterocycles. The Kier molecular flexibility index (Phi) is 6.74. The predicted octanol–water partition coefficient (Wildman–Crippen LogP) is 2.87. The van der Waals surface area contributed by atoms with E-state index in [1.54, 1.807) is 24.3 Å². The van der Waals surface area contributed by atoms with E-state index in [4.69, 9.17) is 4.74 Å². The zero-order chi connectivity index (χ0) is 18.9. The summed E-state index contributed by atoms with van der Waals surface area (Å²) in [5.74, 6) is -4.30. The molecule has 27 heavy (non-hydrogen) atoms. The molecule has 2 aromatic carbocycles. The minimum atomic E-state index is -4.25. The Morgan fingerprint density at radius 1 is 1.15 bits per heavy atom. The Labute approximate surface area is 161 Å². The normalized spacial score (nSPS) is 18.0. The smallest absolute Gasteiger partial charge is 0.243 e. The van der Waals surface area contributed by atoms with E-state index < -0.39 is 38.4 Å². The number of sulfonamides is 1. The SMILES string of the molecule is COc1ccccc1C1CNCCN1S(=O)(=O)c1cc(F)c(F)c(F)c1.Cl. The van der Waals surface area contributed by atoms with E-state index in [1.165, 1.54) is 7.11 Å². The van der Waals surface area contributed by atoms with Crippen LogP contribution in [0.3, 0.4) is 0 Å². The van der Waals surface area contributed by atoms with Crippen molar-refractivity contribution in [1.29, 1.82) is 0 Å². The first kappa shape index (κ1) is 21.5. The largest absolute Gasteiger partial charge is 0.496 e. The molecule has 2 aromatic rings. The zero-order valence-electron chi connectivity index (χ0n) is 14.3. The maximum Gasteiger partial charge on any atom is 0.243 e. The molecule has 1 unspecified atom stereocenters. The molecule has 0 radical (unpaired) electrons. The molecule has 148 valence electrons. The lowest BCUT2D eigenvalue weighted by Crippen LogP contribution is -2.48. The van der Waals surface area contributed by atoms with Gasteiger partial charge in [0.05, 0.1) is 18.0 Å². The van der Waals surface area contributed by atoms with Gasteiger partial charge in [0.25, 0.3) is 0 Å². The lowest BCUT2D eigenvalue weighted by Gasteiger charge is -2.36. The summed E-state index contributed by atoms with van der Waals surface area (Å²) >= 11 is 0. The highest BCUT2D eigenvalue weighted by molar-refractivity contribution is 7.89. The number of nitrogens with zero attached hydrogens (tertiary/aromatic N) is 1. The van der Waals surface area contributed by atoms with Gasteiger partial charge in [-0.3, -0.25) is 0 Å². The Morgan fingerprint density at radius 2 is 1.78 bits per heavy atom. The van der Waals surface area contributed by atoms with Crippen LogP contribution < -0.4 is 10.1 Å². The third-order valence-electron chi connectivity index (χ3n) is 4.26. The number of nitrogens with one attached hydrogen (secondary N) is 1. The summed E-state index contributed by atoms with van der Waals surface area (Å²) in [4.78, 5) is -0.629. The number of benzene rings is 2. The van der Waals surface area contributed by atoms with Gasteiger partial charge in [0, 0.05) is 25.2 Å². The molecule has 1 atom stereocenters. The van der Waals surface area contributed by atoms with Gasteiger partial charge in [0.1, 0.15) is 5.75 Å². The molecule has 1 heterocycles. The molecular weight excluding hydrogens is 405 g/mol. The molecule has 1 aliphatic rings. The van der Waals surface area contributed by atoms with E-state index in [0.717, 1.165) is 4.31 Å². The highest BCUT2D eigenvalue weighted by atomic mass is 35.5. The number of hydrogen-bond acceptors (Lipinski definition) is 4. The minimum absolute atomic E-state index is 0. The molecule has 0 saturated carbocycles. The standard InChI is InChI=1S/C17H17F3N2O3S.ClH/c1-25-16-5-3-2-4-12(16)15-10-21-6-7-22(15)26(23,24)11-8-13(18)17(20)14(19)9-11;/h2-5,8-9,15,21H,6-7,10H2,1H3;1H. The van der Waals surface area contributed by atoms with Gasteiger partial charge in [-0.2, -0.15) is 4.31 Å². The van der Waals surface area contributed by atoms with Crippen molar-refractivity contribution in [1.82, 2.24) is 9.62 Å². The van der Waals surface area contributed by atoms with Crippen LogP contribution in [-0.2, 0) is 10.0 Å². The number of rotatable bonds is 4. The second kappa shape index (κ2) is 8.47. The van der Waals surface area contributed by atoms with Crippen molar-refractivity contribution in [3.05, 3.63) is 59.4 Å². The van der Waals surface area contributed by atoms with Crippen molar-refractivity contribution in [2.45, 2.75) is 10.9 Å². The number of piperazine rings is 1. The van der Waals surface area contributed by atoms with Crippen LogP contribution in [0.15, 0.2) is 41.3 Å². The van der Waals surface area contributed by atoms with Crippen molar-refractivity contribution < 1.29 is 26.3 Å². The molecule has 0 bridgehead atoms. The Hall–Kier alpha value is -1.81. The van der Waals surface area contributed by atoms with Crippen LogP contribution in [0.5, 0.6) is 5.75 Å². The number of hydrogen-bond donors (Lipinski definition) is 1. The Bertz CT molecular complexity index is 904. The zero-order valence-corrected chi connectivity index (χ0v) is 15.9. The van der Waals surface area contributed by atoms with Crippen LogP contribution in [0.25, 0.3) is 0 Å². The fourth-order valence-corrected chi connectivity index (χ4v) is 4.63. The number of ether oxygens (including phenoxy) is 1. The van der Waals surface area contributed by atoms with Crippen molar-refractivity contribution in [2.24, 2.45) is 0 Å². The van der Waals surface area contributed by atoms with E-state index in [0.29, 0.717) is 36.5 Å². The van der Waals surface area contributed by atoms with E-state index in [9.17, 15) is 21.6 Å². The van der Waals surface area contributed by atoms with Crippen molar-refractivity contribution in [3.63, 3.8) is 0 Å². The number of methoxy groups -OCH3 is 1. The van der Waals surface area contributed by atoms with E-state index in [1.807, 2.05) is 0 Å². The summed E-state index contributed by atoms with van der Waals surface area (Å²) in [5, 5.41) is 3.10. The summed E-state index contributed by atoms with van der Waals surface area (Å²) in [6.07, 6.45) is 0. The predicted molar refractivity (Wildman–Crippen MR) is 96.1 cm³/mol. The van der Waals surface area contributed by atoms with Crippen LogP contribution in [0.4, 0.5) is 13.2 Å². The lowest BCUT2D eigenvalue weighted by molar-refractivity contribution is 0.264. The fourth-order valence-electron chi connectivity index (χ4n) is 3.00. The highest BCUT2D eigenvalue weighted by Gasteiger charge is 2.36. The maximum absolute atomic E-state index is 13.5. The Balaban J connectivity index is 0.00000261. The first-order chi connectivity index (χ1) is 12.4. The molecule has 5 nitrogen and oxygen atoms in total. The van der Waals surface area contributed by atoms with Crippen LogP contribution in [0, 0.1) is 17.5 Å². The van der Waals surface area contributed by atoms with E-state index in [2.05, 4.69) is 5.32 Å². The first-order valence-electron chi connectivity index (χ1n) is 7.86. The van der Waals surface area contributed by atoms with Gasteiger partial charge in [0.2, 0.25) is 10.0 Å². The summed E-state index contributed by atoms with van der Waals surface area (Å²) < 4.78 is 72.7. The molecule has 3 rings (SSSR count). The molecule has 0 spiro atoms. The summed E-state index contributed by atoms with van der Waals surface area (Å²) in [6.45, 7) is 0.758. The summed E-state index contributed by atoms with van der Waals surface area (Å²) in [6, 6.07) is 7.28. The second-order valence-corrected chi connectivity index (χ2v) is 7.67. The summed E-state index contributed by atoms with van der Waals surface area (Å²) in [5.41, 5.74) is 0.619. The fraction of sp³-hybridized carbons (Fsp3) is 0.294. The molecule has 1 fully saturated rings. The number of para-hydroxylation sites is 1. The van der Waals surface area contributed by atoms with Gasteiger partial charge < -0.3 is 10.1 Å². The molecule has 1 saturated heterocycles. The van der Waals surface area contributed by atoms with Gasteiger partial charge in [-0.15, -0.1) is 12.4 Å². The van der Waals surface area contributed by atoms with Gasteiger partial charge >= 0.3 is 0 Å². The molecule has 1 aliphatic heterocycles. The van der Waals surface area contributed by atoms with Gasteiger partial charge in [-0.25, -0.2) is 21.6 Å². The van der Waals surface area contributed by atoms with Crippen molar-refractivity contribution >= 4 is 22.4 Å². The van der Waals surface area contributed by atoms with Crippen molar-refractivity contribution in [3.8, 4) is 5.75 Å². The maximum atomic E-state index is 13.5. The van der Waals surface area contributed by atoms with Crippen LogP contribution in [0.2, 0.25) is 0 Å². The minimum Gasteiger partial charge on any atom is -0.496 e. The highest BCUT2D eigenvalue weighted by Crippen LogP contribution is 2.34. The molecular formula is C17H18ClF3N2O3S. The van der Waals surface area contributed by atoms with Crippen molar-refractivity contribution in [2.75, 3.05) is 26.7 Å². The quantitative estimate of drug-likeness (QED) is 0.770. The Morgan fingerprint density at radius 3 is 2.41 bits per heavy atom. The van der Waals surface area contributed by atoms with Gasteiger partial charge in [0.15, 0.2) is 17.5 Å². The van der Waals surface area contributed by atoms with Crippen LogP contribution in [-0.4, -0.2) is 39.5 Å². The monoisotopic (exact) mass is 422 g/mol. The lowest BCUT2D eigenvalue weighted by atomic mass is 10.0. The second-order valence-electron chi connectivity index (χ2n) is 5.78. The molecule has 10 heteroatoms. The number of halogens is 4. The van der Waals surface area contributed by atoms with Gasteiger partial charge in [-0.05, 0) is 18.2 Å². The van der Waals surface area contributed by atoms with Crippen LogP contribution in [0.1, 0.15) is 11.6 Å². The molecule has 1 N–H and O–H groups in total. The van der Waals surface area contributed by atoms with Gasteiger partial charge in [-0.1, -0.05) is 18.2 Å². The third-order valence-corrected chi connectivity index (χ3v) is 6.14. The van der Waals surface area contributed by atoms with E-state index >= 15 is 0 Å². The summed E-state index contributed by atoms with van der Waals surface area (Å²) in [7, 11) is -2.78. The third kappa shape index (κ3) is 4.06. The average Bonchev–Trinajstić information content (AvgIpc) is 2.65. The average molecular weight is 423 g/mol. The molecule has 0 amide bonds. The van der Waals surface area contributed by atoms with E-state index in [-0.39, 0.29) is 19.0 Å². The first-order valence-corrected chi connectivity index (χ1v) is 9.30. The topological polar surface area (TPSA) is 58.6 Å². The molecule has 0 aliphatic carbocycles. The van der Waals surface area contributed by atoms with Crippen LogP contribution >= 0.6 is 12.4 Å².